The SMILES string of the molecule is CN(C=N)c1cccc(C(F)(F)F)c1. The van der Waals surface area contributed by atoms with Crippen LogP contribution in [-0.4, -0.2) is 13.4 Å². The second-order valence-corrected chi connectivity index (χ2v) is 2.79. The molecule has 0 saturated carbocycles. The van der Waals surface area contributed by atoms with E-state index < -0.39 is 11.7 Å². The second kappa shape index (κ2) is 3.69. The summed E-state index contributed by atoms with van der Waals surface area (Å²) >= 11 is 0. The first-order chi connectivity index (χ1) is 6.45. The minimum atomic E-state index is -4.33. The highest BCUT2D eigenvalue weighted by Gasteiger charge is 2.30. The molecule has 0 heterocycles. The van der Waals surface area contributed by atoms with E-state index in [1.165, 1.54) is 24.1 Å². The number of hydrogen-bond donors (Lipinski definition) is 1. The van der Waals surface area contributed by atoms with Crippen molar-refractivity contribution in [2.75, 3.05) is 11.9 Å². The first-order valence-electron chi connectivity index (χ1n) is 3.86. The Kier molecular flexibility index (Phi) is 2.78. The molecular formula is C9H9F3N2. The Morgan fingerprint density at radius 2 is 2.00 bits per heavy atom. The third kappa shape index (κ3) is 2.25. The lowest BCUT2D eigenvalue weighted by molar-refractivity contribution is -0.137. The Labute approximate surface area is 79.5 Å². The standard InChI is InChI=1S/C9H9F3N2/c1-14(6-13)8-4-2-3-7(5-8)9(10,11)12/h2-6,13H,1H3. The first kappa shape index (κ1) is 10.6. The highest BCUT2D eigenvalue weighted by Crippen LogP contribution is 2.31. The highest BCUT2D eigenvalue weighted by molar-refractivity contribution is 5.76. The van der Waals surface area contributed by atoms with Gasteiger partial charge < -0.3 is 4.90 Å². The summed E-state index contributed by atoms with van der Waals surface area (Å²) in [7, 11) is 1.52. The van der Waals surface area contributed by atoms with Gasteiger partial charge in [0.05, 0.1) is 11.9 Å². The smallest absolute Gasteiger partial charge is 0.336 e. The summed E-state index contributed by atoms with van der Waals surface area (Å²) in [6.45, 7) is 0. The van der Waals surface area contributed by atoms with Crippen LogP contribution in [0.25, 0.3) is 0 Å². The van der Waals surface area contributed by atoms with Crippen LogP contribution in [0.15, 0.2) is 24.3 Å². The molecule has 14 heavy (non-hydrogen) atoms. The number of anilines is 1. The van der Waals surface area contributed by atoms with Crippen LogP contribution in [0.1, 0.15) is 5.56 Å². The largest absolute Gasteiger partial charge is 0.416 e. The average molecular weight is 202 g/mol. The zero-order chi connectivity index (χ0) is 10.8. The number of nitrogens with one attached hydrogen (secondary N) is 1. The van der Waals surface area contributed by atoms with E-state index >= 15 is 0 Å². The fraction of sp³-hybridized carbons (Fsp3) is 0.222. The van der Waals surface area contributed by atoms with E-state index in [2.05, 4.69) is 0 Å². The topological polar surface area (TPSA) is 27.1 Å². The van der Waals surface area contributed by atoms with Gasteiger partial charge in [-0.2, -0.15) is 13.2 Å². The Morgan fingerprint density at radius 1 is 1.36 bits per heavy atom. The molecule has 0 aliphatic rings. The fourth-order valence-corrected chi connectivity index (χ4v) is 0.976. The summed E-state index contributed by atoms with van der Waals surface area (Å²) in [5, 5.41) is 6.89. The predicted molar refractivity (Wildman–Crippen MR) is 48.6 cm³/mol. The van der Waals surface area contributed by atoms with Gasteiger partial charge >= 0.3 is 6.18 Å². The molecule has 1 N–H and O–H groups in total. The quantitative estimate of drug-likeness (QED) is 0.579. The van der Waals surface area contributed by atoms with E-state index in [1.807, 2.05) is 0 Å². The van der Waals surface area contributed by atoms with E-state index in [1.54, 1.807) is 0 Å². The second-order valence-electron chi connectivity index (χ2n) is 2.79. The number of nitrogens with zero attached hydrogens (tertiary/aromatic N) is 1. The van der Waals surface area contributed by atoms with E-state index in [0.717, 1.165) is 18.5 Å². The van der Waals surface area contributed by atoms with Crippen molar-refractivity contribution in [3.8, 4) is 0 Å². The lowest BCUT2D eigenvalue weighted by Crippen LogP contribution is -2.14. The number of benzene rings is 1. The molecule has 1 rings (SSSR count). The first-order valence-corrected chi connectivity index (χ1v) is 3.86. The van der Waals surface area contributed by atoms with E-state index in [9.17, 15) is 13.2 Å². The number of hydrogen-bond acceptors (Lipinski definition) is 1. The molecule has 0 aromatic heterocycles. The molecule has 0 bridgehead atoms. The normalized spacial score (nSPS) is 11.1. The number of rotatable bonds is 2. The summed E-state index contributed by atoms with van der Waals surface area (Å²) in [5.41, 5.74) is -0.362. The van der Waals surface area contributed by atoms with Gasteiger partial charge in [0.25, 0.3) is 0 Å². The molecule has 0 spiro atoms. The monoisotopic (exact) mass is 202 g/mol. The van der Waals surface area contributed by atoms with Crippen LogP contribution in [0.3, 0.4) is 0 Å². The molecule has 0 unspecified atom stereocenters. The molecule has 0 saturated heterocycles. The maximum absolute atomic E-state index is 12.3. The third-order valence-electron chi connectivity index (χ3n) is 1.77. The van der Waals surface area contributed by atoms with Crippen LogP contribution in [0.4, 0.5) is 18.9 Å². The summed E-state index contributed by atoms with van der Waals surface area (Å²) in [6, 6.07) is 4.84. The molecular weight excluding hydrogens is 193 g/mol. The molecule has 5 heteroatoms. The molecule has 0 radical (unpaired) electrons. The van der Waals surface area contributed by atoms with Crippen LogP contribution in [0, 0.1) is 5.41 Å². The molecule has 76 valence electrons. The summed E-state index contributed by atoms with van der Waals surface area (Å²) in [5.74, 6) is 0. The predicted octanol–water partition coefficient (Wildman–Crippen LogP) is 2.75. The van der Waals surface area contributed by atoms with E-state index in [-0.39, 0.29) is 0 Å². The van der Waals surface area contributed by atoms with Crippen LogP contribution >= 0.6 is 0 Å². The van der Waals surface area contributed by atoms with Crippen molar-refractivity contribution in [2.24, 2.45) is 0 Å². The van der Waals surface area contributed by atoms with Gasteiger partial charge in [0.15, 0.2) is 0 Å². The Balaban J connectivity index is 3.07. The van der Waals surface area contributed by atoms with Crippen LogP contribution in [-0.2, 0) is 6.18 Å². The minimum absolute atomic E-state index is 0.342. The zero-order valence-corrected chi connectivity index (χ0v) is 7.47. The molecule has 1 aromatic rings. The maximum Gasteiger partial charge on any atom is 0.416 e. The van der Waals surface area contributed by atoms with Gasteiger partial charge in [-0.1, -0.05) is 6.07 Å². The average Bonchev–Trinajstić information content (AvgIpc) is 2.15. The Hall–Kier alpha value is -1.52. The summed E-state index contributed by atoms with van der Waals surface area (Å²) in [4.78, 5) is 1.30. The Bertz CT molecular complexity index is 333. The van der Waals surface area contributed by atoms with Crippen molar-refractivity contribution in [1.82, 2.24) is 0 Å². The summed E-state index contributed by atoms with van der Waals surface area (Å²) in [6.07, 6.45) is -3.38. The van der Waals surface area contributed by atoms with Gasteiger partial charge in [-0.05, 0) is 18.2 Å². The van der Waals surface area contributed by atoms with Gasteiger partial charge in [0.1, 0.15) is 0 Å². The van der Waals surface area contributed by atoms with Crippen LogP contribution in [0.2, 0.25) is 0 Å². The van der Waals surface area contributed by atoms with Crippen molar-refractivity contribution in [1.29, 1.82) is 5.41 Å². The number of alkyl halides is 3. The van der Waals surface area contributed by atoms with Crippen molar-refractivity contribution in [3.63, 3.8) is 0 Å². The molecule has 0 aliphatic heterocycles. The molecule has 1 aromatic carbocycles. The van der Waals surface area contributed by atoms with Gasteiger partial charge in [-0.3, -0.25) is 5.41 Å². The lowest BCUT2D eigenvalue weighted by atomic mass is 10.2. The third-order valence-corrected chi connectivity index (χ3v) is 1.77. The zero-order valence-electron chi connectivity index (χ0n) is 7.47. The van der Waals surface area contributed by atoms with Gasteiger partial charge in [-0.15, -0.1) is 0 Å². The van der Waals surface area contributed by atoms with Crippen molar-refractivity contribution >= 4 is 12.0 Å². The van der Waals surface area contributed by atoms with Crippen molar-refractivity contribution in [2.45, 2.75) is 6.18 Å². The Morgan fingerprint density at radius 3 is 2.50 bits per heavy atom. The summed E-state index contributed by atoms with van der Waals surface area (Å²) < 4.78 is 36.8. The van der Waals surface area contributed by atoms with Gasteiger partial charge in [-0.25, -0.2) is 0 Å². The van der Waals surface area contributed by atoms with Gasteiger partial charge in [0, 0.05) is 12.7 Å². The minimum Gasteiger partial charge on any atom is -0.336 e. The molecule has 2 nitrogen and oxygen atoms in total. The van der Waals surface area contributed by atoms with Crippen molar-refractivity contribution in [3.05, 3.63) is 29.8 Å². The van der Waals surface area contributed by atoms with Crippen LogP contribution < -0.4 is 4.90 Å². The van der Waals surface area contributed by atoms with Crippen molar-refractivity contribution < 1.29 is 13.2 Å². The van der Waals surface area contributed by atoms with E-state index in [0.29, 0.717) is 5.69 Å². The molecule has 0 fully saturated rings. The maximum atomic E-state index is 12.3. The van der Waals surface area contributed by atoms with E-state index in [4.69, 9.17) is 5.41 Å². The fourth-order valence-electron chi connectivity index (χ4n) is 0.976. The van der Waals surface area contributed by atoms with Crippen LogP contribution in [0.5, 0.6) is 0 Å². The molecule has 0 amide bonds. The highest BCUT2D eigenvalue weighted by atomic mass is 19.4. The van der Waals surface area contributed by atoms with Gasteiger partial charge in [0.2, 0.25) is 0 Å². The molecule has 0 atom stereocenters. The lowest BCUT2D eigenvalue weighted by Gasteiger charge is -2.14. The number of halogens is 3. The molecule has 0 aliphatic carbocycles.